The van der Waals surface area contributed by atoms with Gasteiger partial charge < -0.3 is 10.2 Å². The van der Waals surface area contributed by atoms with Gasteiger partial charge in [0.15, 0.2) is 0 Å². The molecule has 0 spiro atoms. The molecule has 1 saturated heterocycles. The molecule has 2 aliphatic carbocycles. The Morgan fingerprint density at radius 1 is 1.04 bits per heavy atom. The second kappa shape index (κ2) is 5.22. The minimum absolute atomic E-state index is 0.491. The zero-order chi connectivity index (χ0) is 15.2. The van der Waals surface area contributed by atoms with Crippen molar-refractivity contribution in [1.29, 1.82) is 0 Å². The number of nitrogens with zero attached hydrogens (tertiary/aromatic N) is 3. The van der Waals surface area contributed by atoms with Gasteiger partial charge in [-0.15, -0.1) is 0 Å². The van der Waals surface area contributed by atoms with Crippen LogP contribution in [0.3, 0.4) is 0 Å². The van der Waals surface area contributed by atoms with E-state index in [1.165, 1.54) is 37.7 Å². The van der Waals surface area contributed by atoms with Crippen molar-refractivity contribution in [3.63, 3.8) is 0 Å². The standard InChI is InChI=1S/C19H22N4/c1-2-6-14(5-1)21-19-20-10-9-18(22-19)23-12-13-11-17(23)16-8-4-3-7-15(13)16/h3-4,7-10,13-14,17H,1-2,5-6,11-12H2,(H,20,21,22)/t13-,17+/m0/s1. The maximum atomic E-state index is 4.81. The molecule has 4 heteroatoms. The van der Waals surface area contributed by atoms with E-state index in [0.717, 1.165) is 18.3 Å². The molecule has 1 aliphatic heterocycles. The Morgan fingerprint density at radius 3 is 2.74 bits per heavy atom. The molecule has 1 N–H and O–H groups in total. The molecule has 2 fully saturated rings. The van der Waals surface area contributed by atoms with Crippen molar-refractivity contribution < 1.29 is 0 Å². The predicted octanol–water partition coefficient (Wildman–Crippen LogP) is 3.88. The molecular weight excluding hydrogens is 284 g/mol. The quantitative estimate of drug-likeness (QED) is 0.934. The number of aromatic nitrogens is 2. The highest BCUT2D eigenvalue weighted by molar-refractivity contribution is 5.54. The Balaban J connectivity index is 1.41. The lowest BCUT2D eigenvalue weighted by molar-refractivity contribution is 0.720. The van der Waals surface area contributed by atoms with Crippen LogP contribution in [-0.2, 0) is 0 Å². The topological polar surface area (TPSA) is 41.1 Å². The summed E-state index contributed by atoms with van der Waals surface area (Å²) in [5, 5.41) is 3.52. The molecule has 2 heterocycles. The Morgan fingerprint density at radius 2 is 1.87 bits per heavy atom. The zero-order valence-corrected chi connectivity index (χ0v) is 13.3. The molecule has 2 atom stereocenters. The minimum Gasteiger partial charge on any atom is -0.351 e. The normalized spacial score (nSPS) is 25.8. The molecule has 3 aliphatic rings. The SMILES string of the molecule is c1ccc2c(c1)[C@H]1C[C@H]2N(c2ccnc(NC3CCCC3)n2)C1. The highest BCUT2D eigenvalue weighted by atomic mass is 15.3. The largest absolute Gasteiger partial charge is 0.351 e. The van der Waals surface area contributed by atoms with Gasteiger partial charge in [0.1, 0.15) is 5.82 Å². The second-order valence-electron chi connectivity index (χ2n) is 7.09. The maximum Gasteiger partial charge on any atom is 0.224 e. The summed E-state index contributed by atoms with van der Waals surface area (Å²) < 4.78 is 0. The van der Waals surface area contributed by atoms with Gasteiger partial charge in [-0.05, 0) is 36.5 Å². The number of nitrogens with one attached hydrogen (secondary N) is 1. The number of hydrogen-bond acceptors (Lipinski definition) is 4. The summed E-state index contributed by atoms with van der Waals surface area (Å²) >= 11 is 0. The minimum atomic E-state index is 0.491. The van der Waals surface area contributed by atoms with Gasteiger partial charge in [-0.25, -0.2) is 4.98 Å². The summed E-state index contributed by atoms with van der Waals surface area (Å²) in [7, 11) is 0. The Hall–Kier alpha value is -2.10. The summed E-state index contributed by atoms with van der Waals surface area (Å²) in [4.78, 5) is 11.7. The van der Waals surface area contributed by atoms with Gasteiger partial charge in [0.05, 0.1) is 6.04 Å². The monoisotopic (exact) mass is 306 g/mol. The smallest absolute Gasteiger partial charge is 0.224 e. The fourth-order valence-corrected chi connectivity index (χ4v) is 4.63. The first kappa shape index (κ1) is 13.3. The van der Waals surface area contributed by atoms with Crippen LogP contribution in [0.1, 0.15) is 55.2 Å². The van der Waals surface area contributed by atoms with E-state index in [9.17, 15) is 0 Å². The van der Waals surface area contributed by atoms with Crippen LogP contribution in [0.2, 0.25) is 0 Å². The molecule has 0 radical (unpaired) electrons. The molecule has 4 nitrogen and oxygen atoms in total. The van der Waals surface area contributed by atoms with Crippen molar-refractivity contribution in [3.8, 4) is 0 Å². The van der Waals surface area contributed by atoms with E-state index in [1.54, 1.807) is 5.56 Å². The van der Waals surface area contributed by atoms with Crippen LogP contribution < -0.4 is 10.2 Å². The lowest BCUT2D eigenvalue weighted by Gasteiger charge is -2.30. The van der Waals surface area contributed by atoms with Crippen molar-refractivity contribution in [1.82, 2.24) is 9.97 Å². The molecule has 0 unspecified atom stereocenters. The molecule has 118 valence electrons. The van der Waals surface area contributed by atoms with Crippen molar-refractivity contribution in [3.05, 3.63) is 47.7 Å². The van der Waals surface area contributed by atoms with Gasteiger partial charge >= 0.3 is 0 Å². The van der Waals surface area contributed by atoms with E-state index in [2.05, 4.69) is 45.5 Å². The number of fused-ring (bicyclic) bond motifs is 5. The van der Waals surface area contributed by atoms with Crippen molar-refractivity contribution >= 4 is 11.8 Å². The molecule has 2 bridgehead atoms. The Kier molecular flexibility index (Phi) is 3.03. The Labute approximate surface area is 137 Å². The Bertz CT molecular complexity index is 723. The van der Waals surface area contributed by atoms with E-state index in [1.807, 2.05) is 6.20 Å². The summed E-state index contributed by atoms with van der Waals surface area (Å²) in [6, 6.07) is 12.0. The first-order chi connectivity index (χ1) is 11.4. The molecule has 0 amide bonds. The third kappa shape index (κ3) is 2.19. The summed E-state index contributed by atoms with van der Waals surface area (Å²) in [6.45, 7) is 1.08. The van der Waals surface area contributed by atoms with Crippen LogP contribution in [0.4, 0.5) is 11.8 Å². The van der Waals surface area contributed by atoms with Crippen LogP contribution in [0.25, 0.3) is 0 Å². The van der Waals surface area contributed by atoms with Crippen LogP contribution >= 0.6 is 0 Å². The lowest BCUT2D eigenvalue weighted by atomic mass is 9.99. The maximum absolute atomic E-state index is 4.81. The van der Waals surface area contributed by atoms with E-state index < -0.39 is 0 Å². The van der Waals surface area contributed by atoms with E-state index in [4.69, 9.17) is 4.98 Å². The number of anilines is 2. The van der Waals surface area contributed by atoms with Gasteiger partial charge in [-0.3, -0.25) is 0 Å². The molecule has 1 aromatic carbocycles. The molecular formula is C19H22N4. The van der Waals surface area contributed by atoms with E-state index in [0.29, 0.717) is 18.0 Å². The average Bonchev–Trinajstić information content (AvgIpc) is 3.32. The van der Waals surface area contributed by atoms with Crippen LogP contribution in [-0.4, -0.2) is 22.6 Å². The highest BCUT2D eigenvalue weighted by Gasteiger charge is 2.42. The van der Waals surface area contributed by atoms with Crippen molar-refractivity contribution in [2.45, 2.75) is 50.1 Å². The molecule has 5 rings (SSSR count). The fourth-order valence-electron chi connectivity index (χ4n) is 4.63. The third-order valence-electron chi connectivity index (χ3n) is 5.72. The first-order valence-corrected chi connectivity index (χ1v) is 8.83. The van der Waals surface area contributed by atoms with Gasteiger partial charge in [0, 0.05) is 24.7 Å². The van der Waals surface area contributed by atoms with Gasteiger partial charge in [-0.2, -0.15) is 4.98 Å². The number of rotatable bonds is 3. The first-order valence-electron chi connectivity index (χ1n) is 8.83. The fraction of sp³-hybridized carbons (Fsp3) is 0.474. The number of benzene rings is 1. The average molecular weight is 306 g/mol. The predicted molar refractivity (Wildman–Crippen MR) is 91.8 cm³/mol. The third-order valence-corrected chi connectivity index (χ3v) is 5.72. The molecule has 1 saturated carbocycles. The van der Waals surface area contributed by atoms with Gasteiger partial charge in [0.2, 0.25) is 5.95 Å². The lowest BCUT2D eigenvalue weighted by Crippen LogP contribution is -2.28. The summed E-state index contributed by atoms with van der Waals surface area (Å²) in [5.41, 5.74) is 3.04. The molecule has 23 heavy (non-hydrogen) atoms. The van der Waals surface area contributed by atoms with Crippen LogP contribution in [0.5, 0.6) is 0 Å². The van der Waals surface area contributed by atoms with Gasteiger partial charge in [-0.1, -0.05) is 37.1 Å². The van der Waals surface area contributed by atoms with E-state index >= 15 is 0 Å². The number of hydrogen-bond donors (Lipinski definition) is 1. The van der Waals surface area contributed by atoms with Crippen LogP contribution in [0.15, 0.2) is 36.5 Å². The highest BCUT2D eigenvalue weighted by Crippen LogP contribution is 2.51. The van der Waals surface area contributed by atoms with Crippen molar-refractivity contribution in [2.75, 3.05) is 16.8 Å². The van der Waals surface area contributed by atoms with Crippen molar-refractivity contribution in [2.24, 2.45) is 0 Å². The molecule has 1 aromatic heterocycles. The second-order valence-corrected chi connectivity index (χ2v) is 7.09. The van der Waals surface area contributed by atoms with Gasteiger partial charge in [0.25, 0.3) is 0 Å². The zero-order valence-electron chi connectivity index (χ0n) is 13.3. The van der Waals surface area contributed by atoms with Crippen LogP contribution in [0, 0.1) is 0 Å². The van der Waals surface area contributed by atoms with E-state index in [-0.39, 0.29) is 0 Å². The summed E-state index contributed by atoms with van der Waals surface area (Å²) in [6.07, 6.45) is 8.27. The molecule has 2 aromatic rings. The summed E-state index contributed by atoms with van der Waals surface area (Å²) in [5.74, 6) is 2.53.